The van der Waals surface area contributed by atoms with Crippen molar-refractivity contribution in [1.82, 2.24) is 19.9 Å². The zero-order chi connectivity index (χ0) is 58.0. The van der Waals surface area contributed by atoms with Crippen molar-refractivity contribution in [3.63, 3.8) is 0 Å². The van der Waals surface area contributed by atoms with Crippen LogP contribution in [0.3, 0.4) is 0 Å². The van der Waals surface area contributed by atoms with E-state index in [-0.39, 0.29) is 30.6 Å². The largest absolute Gasteiger partial charge is 2.00 e. The topological polar surface area (TPSA) is 238 Å². The first-order valence-electron chi connectivity index (χ1n) is 26.9. The van der Waals surface area contributed by atoms with Gasteiger partial charge in [0.15, 0.2) is 0 Å². The Bertz CT molecular complexity index is 1920. The zero-order valence-corrected chi connectivity index (χ0v) is 51.1. The number of pyridine rings is 4. The van der Waals surface area contributed by atoms with E-state index >= 15 is 0 Å². The minimum Gasteiger partial charge on any atom is -0.753 e. The number of hydrogen-bond donors (Lipinski definition) is 2. The van der Waals surface area contributed by atoms with Gasteiger partial charge in [0, 0.05) is 48.0 Å². The molecule has 0 saturated carbocycles. The Kier molecular flexibility index (Phi) is 64.3. The average molecular weight is 1190 g/mol. The van der Waals surface area contributed by atoms with Gasteiger partial charge in [-0.2, -0.15) is 10.3 Å². The second kappa shape index (κ2) is 61.5. The molecule has 0 saturated heterocycles. The number of carbonyl (C=O) groups excluding carboxylic acids is 4. The number of unbranched alkanes of at least 4 members (excludes halogenated alkanes) is 8. The second-order valence-electron chi connectivity index (χ2n) is 16.9. The van der Waals surface area contributed by atoms with Crippen molar-refractivity contribution in [2.24, 2.45) is 0 Å². The zero-order valence-electron chi connectivity index (χ0n) is 47.8. The fourth-order valence-corrected chi connectivity index (χ4v) is 6.07. The molecular weight excluding hydrogens is 1100 g/mol. The third kappa shape index (κ3) is 48.7. The number of isothiocyanates is 2. The van der Waals surface area contributed by atoms with Gasteiger partial charge in [0.05, 0.1) is 74.0 Å². The third-order valence-electron chi connectivity index (χ3n) is 10.7. The van der Waals surface area contributed by atoms with Crippen LogP contribution >= 0.6 is 24.4 Å². The van der Waals surface area contributed by atoms with Crippen LogP contribution in [0.25, 0.3) is 33.6 Å². The summed E-state index contributed by atoms with van der Waals surface area (Å²) in [5, 5.41) is 38.4. The van der Waals surface area contributed by atoms with Crippen molar-refractivity contribution in [1.29, 1.82) is 0 Å². The van der Waals surface area contributed by atoms with Crippen LogP contribution in [-0.4, -0.2) is 94.4 Å². The molecule has 77 heavy (non-hydrogen) atoms. The molecule has 0 aliphatic rings. The summed E-state index contributed by atoms with van der Waals surface area (Å²) in [4.78, 5) is 61.6. The van der Waals surface area contributed by atoms with Gasteiger partial charge in [0.1, 0.15) is 11.5 Å². The van der Waals surface area contributed by atoms with Crippen molar-refractivity contribution in [3.05, 3.63) is 95.3 Å². The van der Waals surface area contributed by atoms with E-state index in [1.165, 1.54) is 226 Å². The van der Waals surface area contributed by atoms with Gasteiger partial charge in [-0.15, -0.1) is 0 Å². The van der Waals surface area contributed by atoms with Crippen LogP contribution in [-0.2, 0) is 29.1 Å². The number of nitrogens with zero attached hydrogens (tertiary/aromatic N) is 6. The average Bonchev–Trinajstić information content (AvgIpc) is 3.44. The van der Waals surface area contributed by atoms with Crippen LogP contribution in [0.15, 0.2) is 73.3 Å². The first-order valence-corrected chi connectivity index (χ1v) is 27.8. The van der Waals surface area contributed by atoms with Gasteiger partial charge in [0.2, 0.25) is 0 Å². The van der Waals surface area contributed by atoms with E-state index in [1.807, 2.05) is 9.80 Å². The van der Waals surface area contributed by atoms with Crippen molar-refractivity contribution >= 4 is 59.6 Å². The van der Waals surface area contributed by atoms with Crippen LogP contribution in [0.4, 0.5) is 0 Å². The number of hydrogen-bond acceptors (Lipinski definition) is 14. The number of aromatic carboxylic acids is 2. The molecule has 0 amide bonds. The molecule has 2 N–H and O–H groups in total. The van der Waals surface area contributed by atoms with Crippen molar-refractivity contribution in [2.45, 2.75) is 172 Å². The van der Waals surface area contributed by atoms with E-state index in [1.54, 1.807) is 0 Å². The first kappa shape index (κ1) is 80.5. The molecule has 430 valence electrons. The Labute approximate surface area is 485 Å². The summed E-state index contributed by atoms with van der Waals surface area (Å²) < 4.78 is 9.34. The maximum absolute atomic E-state index is 10.7. The van der Waals surface area contributed by atoms with Crippen molar-refractivity contribution in [2.75, 3.05) is 39.3 Å². The number of aromatic nitrogens is 4. The molecule has 0 unspecified atom stereocenters. The van der Waals surface area contributed by atoms with Crippen LogP contribution in [0, 0.1) is 0 Å². The Hall–Kier alpha value is -5.38. The van der Waals surface area contributed by atoms with Gasteiger partial charge in [-0.1, -0.05) is 158 Å². The summed E-state index contributed by atoms with van der Waals surface area (Å²) in [7, 11) is 0. The minimum absolute atomic E-state index is 0. The molecule has 0 radical (unpaired) electrons. The van der Waals surface area contributed by atoms with E-state index in [2.05, 4.69) is 123 Å². The van der Waals surface area contributed by atoms with Gasteiger partial charge in [-0.25, -0.2) is 0 Å². The molecule has 0 atom stereocenters. The standard InChI is InChI=1S/2C12H8N2O4.2C12H27N.2C4H10.2CNS.Ru/c2*15-7-18-9-2-4-14-11(6-9)10-5-8(12(16)17)1-3-13-10;2*1-4-7-10-13(11-8-5-2)12-9-6-3;2*1-3-4-2;2*2-1-3;/h2*1-7H,(H,16,17);2*4-12H2,1-3H3;2*3-4H2,1-2H3;;;/q;;;;;;2*-1;+2. The SMILES string of the molecule is CCCC.CCCC.CCCC[NH+](CCCC)CCCC.CCCC[NH+](CCCC)CCCC.O=COc1ccnc(-c2cc(C(=O)[O-])ccn2)c1.O=COc1ccnc(-c2cc(C(=O)[O-])ccn2)c1.[N-]=C=S.[N-]=C=S.[Ru+2]. The number of ether oxygens (including phenoxy) is 2. The van der Waals surface area contributed by atoms with E-state index in [4.69, 9.17) is 10.8 Å². The molecule has 0 spiro atoms. The number of rotatable bonds is 28. The maximum atomic E-state index is 10.7. The van der Waals surface area contributed by atoms with E-state index in [9.17, 15) is 29.4 Å². The van der Waals surface area contributed by atoms with Crippen LogP contribution in [0.5, 0.6) is 11.5 Å². The Morgan fingerprint density at radius 3 is 0.883 bits per heavy atom. The molecule has 4 aromatic heterocycles. The molecule has 0 bridgehead atoms. The number of nitrogens with one attached hydrogen (secondary N) is 2. The van der Waals surface area contributed by atoms with Crippen molar-refractivity contribution < 1.29 is 68.1 Å². The molecule has 16 nitrogen and oxygen atoms in total. The first-order chi connectivity index (χ1) is 36.8. The van der Waals surface area contributed by atoms with Gasteiger partial charge >= 0.3 is 19.5 Å². The summed E-state index contributed by atoms with van der Waals surface area (Å²) in [6.07, 6.45) is 27.4. The fourth-order valence-electron chi connectivity index (χ4n) is 6.07. The van der Waals surface area contributed by atoms with Crippen LogP contribution in [0.2, 0.25) is 0 Å². The molecule has 4 heterocycles. The number of quaternary nitrogens is 2. The summed E-state index contributed by atoms with van der Waals surface area (Å²) in [6, 6.07) is 11.3. The Balaban J connectivity index is -0.000000277. The molecular formula is C58H90N8O8RuS2. The maximum Gasteiger partial charge on any atom is 2.00 e. The molecule has 0 aliphatic carbocycles. The minimum atomic E-state index is -1.29. The molecule has 4 aromatic rings. The number of thiocarbonyl (C=S) groups is 2. The molecule has 19 heteroatoms. The predicted octanol–water partition coefficient (Wildman–Crippen LogP) is 9.56. The van der Waals surface area contributed by atoms with Crippen molar-refractivity contribution in [3.8, 4) is 34.3 Å². The summed E-state index contributed by atoms with van der Waals surface area (Å²) in [6.45, 7) is 31.4. The monoisotopic (exact) mass is 1190 g/mol. The van der Waals surface area contributed by atoms with Gasteiger partial charge < -0.3 is 49.9 Å². The van der Waals surface area contributed by atoms with Gasteiger partial charge in [0.25, 0.3) is 12.9 Å². The summed E-state index contributed by atoms with van der Waals surface area (Å²) in [5.74, 6) is -1.98. The fraction of sp³-hybridized carbons (Fsp3) is 0.552. The Morgan fingerprint density at radius 2 is 0.688 bits per heavy atom. The molecule has 0 fully saturated rings. The van der Waals surface area contributed by atoms with Gasteiger partial charge in [-0.3, -0.25) is 29.5 Å². The molecule has 4 rings (SSSR count). The number of carbonyl (C=O) groups is 4. The Morgan fingerprint density at radius 1 is 0.468 bits per heavy atom. The summed E-state index contributed by atoms with van der Waals surface area (Å²) >= 11 is 7.40. The number of carboxylic acid groups (broad SMARTS) is 2. The summed E-state index contributed by atoms with van der Waals surface area (Å²) in [5.41, 5.74) is 1.52. The van der Waals surface area contributed by atoms with E-state index in [0.29, 0.717) is 47.2 Å². The number of carboxylic acids is 2. The normalized spacial score (nSPS) is 9.30. The predicted molar refractivity (Wildman–Crippen MR) is 311 cm³/mol. The molecule has 0 aliphatic heterocycles. The van der Waals surface area contributed by atoms with Crippen LogP contribution in [0.1, 0.15) is 193 Å². The van der Waals surface area contributed by atoms with E-state index < -0.39 is 11.9 Å². The third-order valence-corrected chi connectivity index (χ3v) is 10.7. The van der Waals surface area contributed by atoms with E-state index in [0.717, 1.165) is 0 Å². The van der Waals surface area contributed by atoms with Crippen LogP contribution < -0.4 is 29.5 Å². The van der Waals surface area contributed by atoms with Gasteiger partial charge in [-0.05, 0) is 74.9 Å². The second-order valence-corrected chi connectivity index (χ2v) is 17.3. The quantitative estimate of drug-likeness (QED) is 0.0233. The smallest absolute Gasteiger partial charge is 0.753 e. The molecule has 0 aromatic carbocycles.